The van der Waals surface area contributed by atoms with E-state index in [0.717, 1.165) is 86.7 Å². The maximum absolute atomic E-state index is 13.6. The highest BCUT2D eigenvalue weighted by Crippen LogP contribution is 2.40. The lowest BCUT2D eigenvalue weighted by molar-refractivity contribution is 0.100. The minimum absolute atomic E-state index is 0.315. The third kappa shape index (κ3) is 7.08. The summed E-state index contributed by atoms with van der Waals surface area (Å²) in [7, 11) is 3.82. The minimum Gasteiger partial charge on any atom is -0.327 e. The van der Waals surface area contributed by atoms with Crippen LogP contribution in [0.2, 0.25) is 10.0 Å². The van der Waals surface area contributed by atoms with E-state index in [2.05, 4.69) is 20.4 Å². The van der Waals surface area contributed by atoms with Gasteiger partial charge in [-0.25, -0.2) is 9.97 Å². The first kappa shape index (κ1) is 34.4. The number of amides is 2. The minimum atomic E-state index is -0.318. The second kappa shape index (κ2) is 14.4. The molecule has 0 spiro atoms. The first-order valence-corrected chi connectivity index (χ1v) is 19.2. The van der Waals surface area contributed by atoms with E-state index in [1.807, 2.05) is 47.5 Å². The van der Waals surface area contributed by atoms with Crippen molar-refractivity contribution in [2.24, 2.45) is 25.9 Å². The van der Waals surface area contributed by atoms with Gasteiger partial charge in [0.15, 0.2) is 11.6 Å². The summed E-state index contributed by atoms with van der Waals surface area (Å²) in [6, 6.07) is 10.9. The van der Waals surface area contributed by atoms with Crippen molar-refractivity contribution >= 4 is 46.4 Å². The number of benzene rings is 2. The Hall–Kier alpha value is -3.70. The van der Waals surface area contributed by atoms with Gasteiger partial charge in [-0.05, 0) is 49.7 Å². The van der Waals surface area contributed by atoms with Crippen molar-refractivity contribution in [3.05, 3.63) is 80.9 Å². The number of aromatic nitrogens is 4. The van der Waals surface area contributed by atoms with Crippen LogP contribution in [0.25, 0.3) is 11.1 Å². The van der Waals surface area contributed by atoms with Gasteiger partial charge in [-0.1, -0.05) is 66.7 Å². The van der Waals surface area contributed by atoms with Gasteiger partial charge in [-0.2, -0.15) is 0 Å². The summed E-state index contributed by atoms with van der Waals surface area (Å²) in [5, 5.41) is 6.69. The molecular weight excluding hydrogens is 683 g/mol. The number of rotatable bonds is 9. The van der Waals surface area contributed by atoms with Crippen LogP contribution in [-0.2, 0) is 40.0 Å². The predicted octanol–water partition coefficient (Wildman–Crippen LogP) is 7.34. The van der Waals surface area contributed by atoms with E-state index in [1.54, 1.807) is 12.1 Å². The molecule has 0 unspecified atom stereocenters. The fourth-order valence-corrected chi connectivity index (χ4v) is 8.86. The maximum atomic E-state index is 13.6. The largest absolute Gasteiger partial charge is 0.327 e. The Bertz CT molecular complexity index is 1980. The van der Waals surface area contributed by atoms with E-state index < -0.39 is 0 Å². The van der Waals surface area contributed by atoms with Crippen LogP contribution >= 0.6 is 23.2 Å². The fraction of sp³-hybridized carbons (Fsp3) is 0.487. The van der Waals surface area contributed by atoms with Crippen LogP contribution in [0.15, 0.2) is 36.4 Å². The molecule has 2 aromatic carbocycles. The normalized spacial score (nSPS) is 18.4. The Labute approximate surface area is 309 Å². The molecule has 2 aliphatic heterocycles. The Balaban J connectivity index is 0.965. The topological polar surface area (TPSA) is 100 Å². The number of anilines is 2. The number of hydrogen-bond donors (Lipinski definition) is 2. The SMILES string of the molecule is Cn1c(C(=O)Nc2cccc(-c3cccc(NC(=O)c4nc5c(n4C)CCN(CC4CC4)C5)c3Cl)c2Cl)nc2c1CCN(CC1CCCCC1)C2. The summed E-state index contributed by atoms with van der Waals surface area (Å²) >= 11 is 13.9. The number of fused-ring (bicyclic) bond motifs is 2. The zero-order chi connectivity index (χ0) is 35.2. The van der Waals surface area contributed by atoms with Gasteiger partial charge >= 0.3 is 0 Å². The number of carbonyl (C=O) groups excluding carboxylic acids is 2. The van der Waals surface area contributed by atoms with Crippen molar-refractivity contribution in [1.29, 1.82) is 0 Å². The van der Waals surface area contributed by atoms with Crippen molar-refractivity contribution in [3.8, 4) is 11.1 Å². The van der Waals surface area contributed by atoms with E-state index in [1.165, 1.54) is 44.9 Å². The van der Waals surface area contributed by atoms with Gasteiger partial charge in [0, 0.05) is 88.7 Å². The number of nitrogens with zero attached hydrogens (tertiary/aromatic N) is 6. The Kier molecular flexibility index (Phi) is 9.69. The monoisotopic (exact) mass is 728 g/mol. The summed E-state index contributed by atoms with van der Waals surface area (Å²) in [6.07, 6.45) is 11.0. The van der Waals surface area contributed by atoms with Gasteiger partial charge in [0.05, 0.1) is 32.8 Å². The molecule has 0 radical (unpaired) electrons. The molecule has 12 heteroatoms. The van der Waals surface area contributed by atoms with Crippen LogP contribution in [-0.4, -0.2) is 66.9 Å². The fourth-order valence-electron chi connectivity index (χ4n) is 8.31. The standard InChI is InChI=1S/C39H46Cl2N8O2/c1-46-32-16-18-48(20-24-8-4-3-5-9-24)22-30(32)42-36(46)38(50)44-28-12-6-10-26(34(28)40)27-11-7-13-29(35(27)41)45-39(51)37-43-31-23-49(21-25-14-15-25)19-17-33(31)47(37)2/h6-7,10-13,24-25H,3-5,8-9,14-23H2,1-2H3,(H,44,50)(H,45,51). The van der Waals surface area contributed by atoms with Gasteiger partial charge in [-0.3, -0.25) is 19.4 Å². The zero-order valence-electron chi connectivity index (χ0n) is 29.5. The van der Waals surface area contributed by atoms with Gasteiger partial charge < -0.3 is 19.8 Å². The summed E-state index contributed by atoms with van der Waals surface area (Å²) in [6.45, 7) is 5.74. The molecule has 268 valence electrons. The molecule has 4 heterocycles. The molecule has 0 atom stereocenters. The molecule has 0 bridgehead atoms. The molecule has 8 rings (SSSR count). The molecule has 4 aliphatic rings. The molecule has 2 fully saturated rings. The van der Waals surface area contributed by atoms with Gasteiger partial charge in [0.25, 0.3) is 11.8 Å². The third-order valence-corrected chi connectivity index (χ3v) is 12.1. The highest BCUT2D eigenvalue weighted by molar-refractivity contribution is 6.40. The maximum Gasteiger partial charge on any atom is 0.291 e. The molecule has 2 saturated carbocycles. The summed E-state index contributed by atoms with van der Waals surface area (Å²) < 4.78 is 3.83. The molecule has 2 amide bonds. The van der Waals surface area contributed by atoms with E-state index in [0.29, 0.717) is 44.2 Å². The Morgan fingerprint density at radius 1 is 0.686 bits per heavy atom. The number of hydrogen-bond acceptors (Lipinski definition) is 6. The van der Waals surface area contributed by atoms with Crippen LogP contribution in [0.3, 0.4) is 0 Å². The van der Waals surface area contributed by atoms with Gasteiger partial charge in [-0.15, -0.1) is 0 Å². The molecule has 2 N–H and O–H groups in total. The lowest BCUT2D eigenvalue weighted by Crippen LogP contribution is -2.35. The molecule has 51 heavy (non-hydrogen) atoms. The van der Waals surface area contributed by atoms with Crippen LogP contribution in [0.1, 0.15) is 89.0 Å². The second-order valence-corrected chi connectivity index (χ2v) is 15.7. The molecule has 4 aromatic rings. The van der Waals surface area contributed by atoms with Crippen molar-refractivity contribution < 1.29 is 9.59 Å². The number of imidazole rings is 2. The highest BCUT2D eigenvalue weighted by atomic mass is 35.5. The summed E-state index contributed by atoms with van der Waals surface area (Å²) in [4.78, 5) is 41.7. The third-order valence-electron chi connectivity index (χ3n) is 11.3. The first-order valence-electron chi connectivity index (χ1n) is 18.5. The highest BCUT2D eigenvalue weighted by Gasteiger charge is 2.31. The van der Waals surface area contributed by atoms with Crippen molar-refractivity contribution in [1.82, 2.24) is 28.9 Å². The average molecular weight is 730 g/mol. The Morgan fingerprint density at radius 2 is 1.14 bits per heavy atom. The molecule has 2 aliphatic carbocycles. The van der Waals surface area contributed by atoms with E-state index in [9.17, 15) is 9.59 Å². The lowest BCUT2D eigenvalue weighted by Gasteiger charge is -2.32. The van der Waals surface area contributed by atoms with Crippen LogP contribution < -0.4 is 10.6 Å². The van der Waals surface area contributed by atoms with Crippen molar-refractivity contribution in [2.75, 3.05) is 36.8 Å². The van der Waals surface area contributed by atoms with Crippen LogP contribution in [0.5, 0.6) is 0 Å². The molecule has 2 aromatic heterocycles. The van der Waals surface area contributed by atoms with E-state index in [4.69, 9.17) is 33.2 Å². The predicted molar refractivity (Wildman–Crippen MR) is 201 cm³/mol. The van der Waals surface area contributed by atoms with Crippen molar-refractivity contribution in [2.45, 2.75) is 70.9 Å². The molecule has 10 nitrogen and oxygen atoms in total. The number of carbonyl (C=O) groups is 2. The van der Waals surface area contributed by atoms with Gasteiger partial charge in [0.2, 0.25) is 0 Å². The lowest BCUT2D eigenvalue weighted by atomic mass is 9.88. The van der Waals surface area contributed by atoms with E-state index in [-0.39, 0.29) is 11.8 Å². The summed E-state index contributed by atoms with van der Waals surface area (Å²) in [5.74, 6) is 1.68. The quantitative estimate of drug-likeness (QED) is 0.187. The summed E-state index contributed by atoms with van der Waals surface area (Å²) in [5.41, 5.74) is 6.37. The molecule has 0 saturated heterocycles. The van der Waals surface area contributed by atoms with Crippen molar-refractivity contribution in [3.63, 3.8) is 0 Å². The van der Waals surface area contributed by atoms with Crippen LogP contribution in [0.4, 0.5) is 11.4 Å². The number of halogens is 2. The smallest absolute Gasteiger partial charge is 0.291 e. The first-order chi connectivity index (χ1) is 24.7. The van der Waals surface area contributed by atoms with Crippen LogP contribution in [0, 0.1) is 11.8 Å². The van der Waals surface area contributed by atoms with E-state index >= 15 is 0 Å². The zero-order valence-corrected chi connectivity index (χ0v) is 31.0. The average Bonchev–Trinajstić information content (AvgIpc) is 3.80. The Morgan fingerprint density at radius 3 is 1.59 bits per heavy atom. The second-order valence-electron chi connectivity index (χ2n) is 14.9. The number of nitrogens with one attached hydrogen (secondary N) is 2. The van der Waals surface area contributed by atoms with Gasteiger partial charge in [0.1, 0.15) is 0 Å². The molecular formula is C39H46Cl2N8O2.